The summed E-state index contributed by atoms with van der Waals surface area (Å²) in [6, 6.07) is 2.60. The molecule has 0 aliphatic rings. The van der Waals surface area contributed by atoms with Crippen LogP contribution in [0.1, 0.15) is 40.1 Å². The Labute approximate surface area is 127 Å². The molecular formula is C15H17NO6. The van der Waals surface area contributed by atoms with Gasteiger partial charge < -0.3 is 15.2 Å². The van der Waals surface area contributed by atoms with Gasteiger partial charge in [-0.05, 0) is 38.5 Å². The molecule has 118 valence electrons. The minimum Gasteiger partial charge on any atom is -0.460 e. The van der Waals surface area contributed by atoms with Gasteiger partial charge in [0.15, 0.2) is 0 Å². The number of esters is 2. The number of nitrogens with two attached hydrogens (primary N) is 1. The Hall–Kier alpha value is -2.70. The summed E-state index contributed by atoms with van der Waals surface area (Å²) in [5.74, 6) is -3.98. The van der Waals surface area contributed by atoms with E-state index >= 15 is 0 Å². The Morgan fingerprint density at radius 3 is 1.95 bits per heavy atom. The molecule has 0 atom stereocenters. The van der Waals surface area contributed by atoms with Gasteiger partial charge in [0.05, 0.1) is 18.8 Å². The molecule has 0 unspecified atom stereocenters. The zero-order chi connectivity index (χ0) is 16.9. The number of nitrogen functional groups attached to an aromatic ring is 1. The third-order valence-corrected chi connectivity index (χ3v) is 2.89. The number of rotatable bonds is 6. The predicted molar refractivity (Wildman–Crippen MR) is 77.5 cm³/mol. The van der Waals surface area contributed by atoms with Gasteiger partial charge in [-0.25, -0.2) is 9.59 Å². The third kappa shape index (κ3) is 3.49. The highest BCUT2D eigenvalue weighted by atomic mass is 16.5. The van der Waals surface area contributed by atoms with Crippen molar-refractivity contribution in [2.24, 2.45) is 0 Å². The van der Waals surface area contributed by atoms with Crippen LogP contribution in [0.15, 0.2) is 12.1 Å². The third-order valence-electron chi connectivity index (χ3n) is 2.89. The Morgan fingerprint density at radius 1 is 0.955 bits per heavy atom. The Morgan fingerprint density at radius 2 is 1.45 bits per heavy atom. The Bertz CT molecular complexity index is 635. The number of Topliss-reactive ketones (excluding diaryl/α,β-unsaturated/α-hetero) is 2. The van der Waals surface area contributed by atoms with Crippen LogP contribution >= 0.6 is 0 Å². The first-order valence-corrected chi connectivity index (χ1v) is 6.67. The molecule has 7 nitrogen and oxygen atoms in total. The number of carbonyl (C=O) groups excluding carboxylic acids is 4. The summed E-state index contributed by atoms with van der Waals surface area (Å²) in [4.78, 5) is 47.1. The monoisotopic (exact) mass is 307 g/mol. The van der Waals surface area contributed by atoms with Crippen molar-refractivity contribution in [1.82, 2.24) is 0 Å². The second kappa shape index (κ2) is 7.35. The first kappa shape index (κ1) is 17.4. The van der Waals surface area contributed by atoms with Crippen molar-refractivity contribution in [3.8, 4) is 0 Å². The Balaban J connectivity index is 3.29. The fourth-order valence-corrected chi connectivity index (χ4v) is 1.89. The molecule has 1 aromatic rings. The average Bonchev–Trinajstić information content (AvgIpc) is 2.47. The van der Waals surface area contributed by atoms with Crippen molar-refractivity contribution in [1.29, 1.82) is 0 Å². The molecule has 0 aliphatic carbocycles. The summed E-state index contributed by atoms with van der Waals surface area (Å²) in [6.07, 6.45) is 0. The van der Waals surface area contributed by atoms with E-state index in [9.17, 15) is 19.2 Å². The molecule has 2 N–H and O–H groups in total. The average molecular weight is 307 g/mol. The molecular weight excluding hydrogens is 290 g/mol. The van der Waals surface area contributed by atoms with Gasteiger partial charge in [0.2, 0.25) is 0 Å². The summed E-state index contributed by atoms with van der Waals surface area (Å²) < 4.78 is 9.27. The smallest absolute Gasteiger partial charge is 0.379 e. The van der Waals surface area contributed by atoms with Gasteiger partial charge in [0, 0.05) is 11.3 Å². The molecule has 0 aromatic heterocycles. The number of ether oxygens (including phenoxy) is 2. The van der Waals surface area contributed by atoms with Gasteiger partial charge in [0.25, 0.3) is 11.6 Å². The Kier molecular flexibility index (Phi) is 5.80. The van der Waals surface area contributed by atoms with Crippen molar-refractivity contribution in [2.75, 3.05) is 18.9 Å². The molecule has 0 amide bonds. The van der Waals surface area contributed by atoms with E-state index in [1.54, 1.807) is 13.8 Å². The predicted octanol–water partition coefficient (Wildman–Crippen LogP) is 1.07. The largest absolute Gasteiger partial charge is 0.460 e. The minimum absolute atomic E-state index is 0.0240. The number of ketones is 2. The van der Waals surface area contributed by atoms with E-state index in [1.807, 2.05) is 0 Å². The second-order valence-corrected chi connectivity index (χ2v) is 4.30. The van der Waals surface area contributed by atoms with Crippen LogP contribution in [0.2, 0.25) is 0 Å². The van der Waals surface area contributed by atoms with Crippen molar-refractivity contribution >= 4 is 29.2 Å². The summed E-state index contributed by atoms with van der Waals surface area (Å²) in [6.45, 7) is 4.63. The van der Waals surface area contributed by atoms with E-state index in [0.29, 0.717) is 0 Å². The molecule has 0 bridgehead atoms. The number of hydrogen-bond donors (Lipinski definition) is 1. The SMILES string of the molecule is CCOC(=O)C(=O)c1ccc(N)c(C(=O)C(=O)OCC)c1C. The first-order chi connectivity index (χ1) is 10.3. The molecule has 0 aliphatic heterocycles. The van der Waals surface area contributed by atoms with E-state index in [4.69, 9.17) is 5.73 Å². The molecule has 0 radical (unpaired) electrons. The van der Waals surface area contributed by atoms with Crippen molar-refractivity contribution in [3.05, 3.63) is 28.8 Å². The molecule has 0 saturated heterocycles. The zero-order valence-electron chi connectivity index (χ0n) is 12.6. The lowest BCUT2D eigenvalue weighted by Crippen LogP contribution is -2.23. The molecule has 0 saturated carbocycles. The van der Waals surface area contributed by atoms with Gasteiger partial charge >= 0.3 is 11.9 Å². The quantitative estimate of drug-likeness (QED) is 0.362. The van der Waals surface area contributed by atoms with Gasteiger partial charge in [-0.1, -0.05) is 0 Å². The highest BCUT2D eigenvalue weighted by Crippen LogP contribution is 2.22. The molecule has 22 heavy (non-hydrogen) atoms. The van der Waals surface area contributed by atoms with E-state index in [0.717, 1.165) is 0 Å². The molecule has 0 fully saturated rings. The van der Waals surface area contributed by atoms with Crippen LogP contribution in [0.4, 0.5) is 5.69 Å². The highest BCUT2D eigenvalue weighted by molar-refractivity contribution is 6.44. The van der Waals surface area contributed by atoms with E-state index in [1.165, 1.54) is 19.1 Å². The fourth-order valence-electron chi connectivity index (χ4n) is 1.89. The van der Waals surface area contributed by atoms with Crippen LogP contribution < -0.4 is 5.73 Å². The van der Waals surface area contributed by atoms with Crippen LogP contribution in [0.5, 0.6) is 0 Å². The number of benzene rings is 1. The van der Waals surface area contributed by atoms with Gasteiger partial charge in [-0.15, -0.1) is 0 Å². The van der Waals surface area contributed by atoms with E-state index in [-0.39, 0.29) is 35.6 Å². The number of anilines is 1. The van der Waals surface area contributed by atoms with Gasteiger partial charge in [-0.2, -0.15) is 0 Å². The van der Waals surface area contributed by atoms with E-state index in [2.05, 4.69) is 9.47 Å². The lowest BCUT2D eigenvalue weighted by Gasteiger charge is -2.11. The highest BCUT2D eigenvalue weighted by Gasteiger charge is 2.27. The number of carbonyl (C=O) groups is 4. The lowest BCUT2D eigenvalue weighted by molar-refractivity contribution is -0.138. The fraction of sp³-hybridized carbons (Fsp3) is 0.333. The maximum atomic E-state index is 12.1. The summed E-state index contributed by atoms with van der Waals surface area (Å²) >= 11 is 0. The summed E-state index contributed by atoms with van der Waals surface area (Å²) in [5.41, 5.74) is 5.68. The van der Waals surface area contributed by atoms with Crippen molar-refractivity contribution < 1.29 is 28.7 Å². The maximum Gasteiger partial charge on any atom is 0.379 e. The standard InChI is InChI=1S/C15H17NO6/c1-4-21-14(19)12(17)9-6-7-10(16)11(8(9)3)13(18)15(20)22-5-2/h6-7H,4-5,16H2,1-3H3. The van der Waals surface area contributed by atoms with Crippen LogP contribution in [-0.2, 0) is 19.1 Å². The molecule has 0 heterocycles. The lowest BCUT2D eigenvalue weighted by atomic mass is 9.95. The van der Waals surface area contributed by atoms with Crippen LogP contribution in [0.3, 0.4) is 0 Å². The van der Waals surface area contributed by atoms with Gasteiger partial charge in [-0.3, -0.25) is 9.59 Å². The second-order valence-electron chi connectivity index (χ2n) is 4.30. The molecule has 1 rings (SSSR count). The molecule has 1 aromatic carbocycles. The van der Waals surface area contributed by atoms with Crippen molar-refractivity contribution in [2.45, 2.75) is 20.8 Å². The topological polar surface area (TPSA) is 113 Å². The van der Waals surface area contributed by atoms with Crippen LogP contribution in [0.25, 0.3) is 0 Å². The first-order valence-electron chi connectivity index (χ1n) is 6.67. The normalized spacial score (nSPS) is 9.95. The summed E-state index contributed by atoms with van der Waals surface area (Å²) in [5, 5.41) is 0. The maximum absolute atomic E-state index is 12.1. The summed E-state index contributed by atoms with van der Waals surface area (Å²) in [7, 11) is 0. The van der Waals surface area contributed by atoms with Crippen LogP contribution in [-0.4, -0.2) is 36.7 Å². The zero-order valence-corrected chi connectivity index (χ0v) is 12.6. The van der Waals surface area contributed by atoms with Gasteiger partial charge in [0.1, 0.15) is 0 Å². The van der Waals surface area contributed by atoms with Crippen LogP contribution in [0, 0.1) is 6.92 Å². The molecule has 7 heteroatoms. The molecule has 0 spiro atoms. The number of hydrogen-bond acceptors (Lipinski definition) is 7. The van der Waals surface area contributed by atoms with Crippen molar-refractivity contribution in [3.63, 3.8) is 0 Å². The van der Waals surface area contributed by atoms with E-state index < -0.39 is 23.5 Å². The minimum atomic E-state index is -1.07.